The van der Waals surface area contributed by atoms with Gasteiger partial charge in [-0.15, -0.1) is 0 Å². The van der Waals surface area contributed by atoms with Gasteiger partial charge in [0.05, 0.1) is 5.69 Å². The molecule has 0 unspecified atom stereocenters. The first-order chi connectivity index (χ1) is 9.72. The smallest absolute Gasteiger partial charge is 0.212 e. The number of para-hydroxylation sites is 1. The summed E-state index contributed by atoms with van der Waals surface area (Å²) in [5.74, 6) is 0.816. The normalized spacial score (nSPS) is 10.5. The van der Waals surface area contributed by atoms with Crippen molar-refractivity contribution >= 4 is 27.6 Å². The first kappa shape index (κ1) is 12.9. The quantitative estimate of drug-likeness (QED) is 0.756. The van der Waals surface area contributed by atoms with Crippen molar-refractivity contribution in [3.8, 4) is 5.69 Å². The molecular formula is C16H14BrN3. The van der Waals surface area contributed by atoms with Crippen molar-refractivity contribution in [2.75, 3.05) is 5.32 Å². The molecule has 1 heterocycles. The Morgan fingerprint density at radius 1 is 1.00 bits per heavy atom. The number of benzene rings is 2. The van der Waals surface area contributed by atoms with E-state index in [2.05, 4.69) is 42.9 Å². The van der Waals surface area contributed by atoms with Gasteiger partial charge in [0.2, 0.25) is 5.95 Å². The zero-order valence-electron chi connectivity index (χ0n) is 11.0. The summed E-state index contributed by atoms with van der Waals surface area (Å²) in [6, 6.07) is 18.2. The lowest BCUT2D eigenvalue weighted by atomic mass is 10.3. The van der Waals surface area contributed by atoms with Crippen LogP contribution in [0.4, 0.5) is 11.6 Å². The number of hydrogen-bond acceptors (Lipinski definition) is 2. The van der Waals surface area contributed by atoms with Gasteiger partial charge in [0, 0.05) is 22.0 Å². The van der Waals surface area contributed by atoms with Gasteiger partial charge in [0.15, 0.2) is 0 Å². The van der Waals surface area contributed by atoms with Gasteiger partial charge in [-0.3, -0.25) is 4.57 Å². The van der Waals surface area contributed by atoms with E-state index in [0.717, 1.165) is 27.5 Å². The first-order valence-corrected chi connectivity index (χ1v) is 7.16. The lowest BCUT2D eigenvalue weighted by Crippen LogP contribution is -2.00. The molecule has 3 nitrogen and oxygen atoms in total. The second kappa shape index (κ2) is 5.51. The summed E-state index contributed by atoms with van der Waals surface area (Å²) in [6.45, 7) is 1.99. The lowest BCUT2D eigenvalue weighted by Gasteiger charge is -2.09. The third kappa shape index (κ3) is 2.75. The fourth-order valence-corrected chi connectivity index (χ4v) is 2.30. The Morgan fingerprint density at radius 3 is 2.40 bits per heavy atom. The molecular weight excluding hydrogens is 314 g/mol. The van der Waals surface area contributed by atoms with E-state index in [0.29, 0.717) is 0 Å². The molecule has 0 saturated heterocycles. The van der Waals surface area contributed by atoms with Gasteiger partial charge in [0.25, 0.3) is 0 Å². The van der Waals surface area contributed by atoms with Crippen LogP contribution in [-0.4, -0.2) is 9.55 Å². The molecule has 0 aliphatic rings. The fraction of sp³-hybridized carbons (Fsp3) is 0.0625. The molecule has 0 aliphatic heterocycles. The van der Waals surface area contributed by atoms with Crippen molar-refractivity contribution in [1.29, 1.82) is 0 Å². The molecule has 3 rings (SSSR count). The van der Waals surface area contributed by atoms with Crippen molar-refractivity contribution in [2.45, 2.75) is 6.92 Å². The second-order valence-electron chi connectivity index (χ2n) is 4.54. The number of aromatic nitrogens is 2. The largest absolute Gasteiger partial charge is 0.325 e. The van der Waals surface area contributed by atoms with Crippen LogP contribution in [-0.2, 0) is 0 Å². The molecule has 4 heteroatoms. The molecule has 0 amide bonds. The van der Waals surface area contributed by atoms with Gasteiger partial charge in [-0.2, -0.15) is 0 Å². The van der Waals surface area contributed by atoms with Crippen LogP contribution in [0.3, 0.4) is 0 Å². The molecule has 0 spiro atoms. The Hall–Kier alpha value is -2.07. The third-order valence-electron chi connectivity index (χ3n) is 2.96. The SMILES string of the molecule is Cc1cn(-c2ccccc2)c(Nc2ccc(Br)cc2)n1. The number of imidazole rings is 1. The molecule has 100 valence electrons. The second-order valence-corrected chi connectivity index (χ2v) is 5.46. The highest BCUT2D eigenvalue weighted by atomic mass is 79.9. The summed E-state index contributed by atoms with van der Waals surface area (Å²) in [5.41, 5.74) is 3.08. The van der Waals surface area contributed by atoms with Crippen LogP contribution >= 0.6 is 15.9 Å². The molecule has 0 saturated carbocycles. The monoisotopic (exact) mass is 327 g/mol. The summed E-state index contributed by atoms with van der Waals surface area (Å²) < 4.78 is 3.11. The van der Waals surface area contributed by atoms with E-state index in [-0.39, 0.29) is 0 Å². The molecule has 0 atom stereocenters. The van der Waals surface area contributed by atoms with E-state index in [1.54, 1.807) is 0 Å². The van der Waals surface area contributed by atoms with Crippen LogP contribution in [0.1, 0.15) is 5.69 Å². The molecule has 0 aliphatic carbocycles. The van der Waals surface area contributed by atoms with Crippen LogP contribution in [0.15, 0.2) is 65.3 Å². The van der Waals surface area contributed by atoms with Gasteiger partial charge in [-0.25, -0.2) is 4.98 Å². The van der Waals surface area contributed by atoms with Crippen molar-refractivity contribution in [2.24, 2.45) is 0 Å². The summed E-state index contributed by atoms with van der Waals surface area (Å²) in [5, 5.41) is 3.35. The summed E-state index contributed by atoms with van der Waals surface area (Å²) >= 11 is 3.44. The molecule has 0 bridgehead atoms. The van der Waals surface area contributed by atoms with Crippen molar-refractivity contribution < 1.29 is 0 Å². The maximum Gasteiger partial charge on any atom is 0.212 e. The predicted molar refractivity (Wildman–Crippen MR) is 85.7 cm³/mol. The molecule has 2 aromatic carbocycles. The number of halogens is 1. The van der Waals surface area contributed by atoms with E-state index in [1.165, 1.54) is 0 Å². The number of anilines is 2. The first-order valence-electron chi connectivity index (χ1n) is 6.36. The van der Waals surface area contributed by atoms with E-state index < -0.39 is 0 Å². The molecule has 1 N–H and O–H groups in total. The van der Waals surface area contributed by atoms with Crippen LogP contribution < -0.4 is 5.32 Å². The topological polar surface area (TPSA) is 29.9 Å². The molecule has 0 radical (unpaired) electrons. The van der Waals surface area contributed by atoms with Crippen LogP contribution in [0, 0.1) is 6.92 Å². The van der Waals surface area contributed by atoms with Crippen LogP contribution in [0.2, 0.25) is 0 Å². The highest BCUT2D eigenvalue weighted by Crippen LogP contribution is 2.22. The maximum atomic E-state index is 4.54. The van der Waals surface area contributed by atoms with Gasteiger partial charge < -0.3 is 5.32 Å². The number of nitrogens with one attached hydrogen (secondary N) is 1. The number of aryl methyl sites for hydroxylation is 1. The minimum Gasteiger partial charge on any atom is -0.325 e. The number of rotatable bonds is 3. The van der Waals surface area contributed by atoms with Crippen LogP contribution in [0.25, 0.3) is 5.69 Å². The van der Waals surface area contributed by atoms with Gasteiger partial charge in [0.1, 0.15) is 0 Å². The van der Waals surface area contributed by atoms with E-state index in [1.807, 2.05) is 55.6 Å². The molecule has 1 aromatic heterocycles. The Kier molecular flexibility index (Phi) is 3.56. The van der Waals surface area contributed by atoms with Crippen molar-refractivity contribution in [3.63, 3.8) is 0 Å². The van der Waals surface area contributed by atoms with E-state index in [9.17, 15) is 0 Å². The fourth-order valence-electron chi connectivity index (χ4n) is 2.03. The molecule has 20 heavy (non-hydrogen) atoms. The number of hydrogen-bond donors (Lipinski definition) is 1. The summed E-state index contributed by atoms with van der Waals surface area (Å²) in [4.78, 5) is 4.54. The highest BCUT2D eigenvalue weighted by Gasteiger charge is 2.07. The zero-order chi connectivity index (χ0) is 13.9. The van der Waals surface area contributed by atoms with E-state index in [4.69, 9.17) is 0 Å². The van der Waals surface area contributed by atoms with E-state index >= 15 is 0 Å². The minimum atomic E-state index is 0.816. The summed E-state index contributed by atoms with van der Waals surface area (Å²) in [6.07, 6.45) is 2.02. The lowest BCUT2D eigenvalue weighted by molar-refractivity contribution is 1.06. The maximum absolute atomic E-state index is 4.54. The minimum absolute atomic E-state index is 0.816. The Balaban J connectivity index is 1.96. The average molecular weight is 328 g/mol. The van der Waals surface area contributed by atoms with Crippen molar-refractivity contribution in [3.05, 3.63) is 71.0 Å². The van der Waals surface area contributed by atoms with Crippen LogP contribution in [0.5, 0.6) is 0 Å². The van der Waals surface area contributed by atoms with Gasteiger partial charge in [-0.1, -0.05) is 34.1 Å². The Bertz CT molecular complexity index is 702. The Morgan fingerprint density at radius 2 is 1.70 bits per heavy atom. The third-order valence-corrected chi connectivity index (χ3v) is 3.49. The summed E-state index contributed by atoms with van der Waals surface area (Å²) in [7, 11) is 0. The predicted octanol–water partition coefficient (Wildman–Crippen LogP) is 4.69. The Labute approximate surface area is 126 Å². The standard InChI is InChI=1S/C16H14BrN3/c1-12-11-20(15-5-3-2-4-6-15)16(18-12)19-14-9-7-13(17)8-10-14/h2-11H,1H3,(H,18,19). The zero-order valence-corrected chi connectivity index (χ0v) is 12.6. The van der Waals surface area contributed by atoms with Crippen molar-refractivity contribution in [1.82, 2.24) is 9.55 Å². The number of nitrogens with zero attached hydrogens (tertiary/aromatic N) is 2. The highest BCUT2D eigenvalue weighted by molar-refractivity contribution is 9.10. The van der Waals surface area contributed by atoms with Gasteiger partial charge in [-0.05, 0) is 43.3 Å². The molecule has 3 aromatic rings. The molecule has 0 fully saturated rings. The average Bonchev–Trinajstić information content (AvgIpc) is 2.83. The van der Waals surface area contributed by atoms with Gasteiger partial charge >= 0.3 is 0 Å².